The van der Waals surface area contributed by atoms with E-state index in [-0.39, 0.29) is 12.5 Å². The first-order valence-corrected chi connectivity index (χ1v) is 7.20. The van der Waals surface area contributed by atoms with Gasteiger partial charge in [-0.3, -0.25) is 4.79 Å². The summed E-state index contributed by atoms with van der Waals surface area (Å²) in [4.78, 5) is 12.3. The Morgan fingerprint density at radius 2 is 2.29 bits per heavy atom. The van der Waals surface area contributed by atoms with Gasteiger partial charge in [0, 0.05) is 24.0 Å². The molecule has 2 heterocycles. The molecular formula is C16H20N2O3. The third kappa shape index (κ3) is 2.66. The molecule has 21 heavy (non-hydrogen) atoms. The van der Waals surface area contributed by atoms with E-state index in [2.05, 4.69) is 10.6 Å². The highest BCUT2D eigenvalue weighted by Crippen LogP contribution is 2.26. The lowest BCUT2D eigenvalue weighted by atomic mass is 10.0. The average Bonchev–Trinajstić information content (AvgIpc) is 3.01. The number of aliphatic hydroxyl groups is 1. The van der Waals surface area contributed by atoms with Gasteiger partial charge in [-0.2, -0.15) is 0 Å². The van der Waals surface area contributed by atoms with Crippen molar-refractivity contribution < 1.29 is 14.3 Å². The van der Waals surface area contributed by atoms with Crippen molar-refractivity contribution in [1.29, 1.82) is 0 Å². The molecule has 3 rings (SSSR count). The molecule has 1 atom stereocenters. The van der Waals surface area contributed by atoms with Crippen molar-refractivity contribution in [1.82, 2.24) is 10.6 Å². The smallest absolute Gasteiger partial charge is 0.287 e. The Morgan fingerprint density at radius 1 is 1.48 bits per heavy atom. The molecule has 1 aliphatic rings. The molecule has 112 valence electrons. The first kappa shape index (κ1) is 14.1. The summed E-state index contributed by atoms with van der Waals surface area (Å²) < 4.78 is 5.68. The molecule has 0 spiro atoms. The second kappa shape index (κ2) is 5.16. The van der Waals surface area contributed by atoms with Crippen LogP contribution in [0.4, 0.5) is 0 Å². The molecule has 1 saturated heterocycles. The van der Waals surface area contributed by atoms with Gasteiger partial charge in [0.15, 0.2) is 5.76 Å². The van der Waals surface area contributed by atoms with Gasteiger partial charge in [-0.25, -0.2) is 0 Å². The molecule has 0 radical (unpaired) electrons. The van der Waals surface area contributed by atoms with Crippen LogP contribution >= 0.6 is 0 Å². The second-order valence-corrected chi connectivity index (χ2v) is 5.89. The molecule has 3 N–H and O–H groups in total. The largest absolute Gasteiger partial charge is 0.451 e. The normalized spacial score (nSPS) is 21.9. The summed E-state index contributed by atoms with van der Waals surface area (Å²) in [6.07, 6.45) is 0.644. The molecule has 0 bridgehead atoms. The molecule has 1 unspecified atom stereocenters. The van der Waals surface area contributed by atoms with Crippen LogP contribution in [-0.4, -0.2) is 36.2 Å². The fraction of sp³-hybridized carbons (Fsp3) is 0.438. The minimum absolute atomic E-state index is 0.231. The van der Waals surface area contributed by atoms with Gasteiger partial charge in [-0.05, 0) is 38.4 Å². The third-order valence-electron chi connectivity index (χ3n) is 4.10. The lowest BCUT2D eigenvalue weighted by molar-refractivity contribution is 0.0554. The Kier molecular flexibility index (Phi) is 3.47. The molecule has 0 aliphatic carbocycles. The molecule has 0 saturated carbocycles. The SMILES string of the molecule is Cc1ccc2c(C)c(C(=O)NCC3(O)CCNC3)oc2c1. The van der Waals surface area contributed by atoms with E-state index in [1.165, 1.54) is 0 Å². The number of furan rings is 1. The van der Waals surface area contributed by atoms with Gasteiger partial charge >= 0.3 is 0 Å². The Balaban J connectivity index is 1.79. The van der Waals surface area contributed by atoms with E-state index in [9.17, 15) is 9.90 Å². The predicted molar refractivity (Wildman–Crippen MR) is 80.5 cm³/mol. The summed E-state index contributed by atoms with van der Waals surface area (Å²) >= 11 is 0. The minimum Gasteiger partial charge on any atom is -0.451 e. The number of fused-ring (bicyclic) bond motifs is 1. The van der Waals surface area contributed by atoms with Crippen LogP contribution in [0.25, 0.3) is 11.0 Å². The maximum Gasteiger partial charge on any atom is 0.287 e. The molecule has 1 aliphatic heterocycles. The van der Waals surface area contributed by atoms with Gasteiger partial charge in [-0.15, -0.1) is 0 Å². The lowest BCUT2D eigenvalue weighted by Gasteiger charge is -2.21. The number of benzene rings is 1. The third-order valence-corrected chi connectivity index (χ3v) is 4.10. The van der Waals surface area contributed by atoms with Gasteiger partial charge in [0.25, 0.3) is 5.91 Å². The molecule has 1 fully saturated rings. The second-order valence-electron chi connectivity index (χ2n) is 5.89. The standard InChI is InChI=1S/C16H20N2O3/c1-10-3-4-12-11(2)14(21-13(12)7-10)15(19)18-9-16(20)5-6-17-8-16/h3-4,7,17,20H,5-6,8-9H2,1-2H3,(H,18,19). The maximum atomic E-state index is 12.3. The fourth-order valence-corrected chi connectivity index (χ4v) is 2.76. The van der Waals surface area contributed by atoms with Gasteiger partial charge in [0.05, 0.1) is 5.60 Å². The van der Waals surface area contributed by atoms with Crippen LogP contribution in [0.1, 0.15) is 28.1 Å². The zero-order valence-corrected chi connectivity index (χ0v) is 12.3. The van der Waals surface area contributed by atoms with E-state index in [1.54, 1.807) is 0 Å². The summed E-state index contributed by atoms with van der Waals surface area (Å²) in [5.74, 6) is 0.0480. The van der Waals surface area contributed by atoms with E-state index in [1.807, 2.05) is 32.0 Å². The quantitative estimate of drug-likeness (QED) is 0.800. The van der Waals surface area contributed by atoms with Crippen LogP contribution in [0.3, 0.4) is 0 Å². The number of β-amino-alcohol motifs (C(OH)–C–C–N with tert-alkyl or cyclic N) is 1. The molecule has 1 amide bonds. The average molecular weight is 288 g/mol. The van der Waals surface area contributed by atoms with Gasteiger partial charge in [-0.1, -0.05) is 12.1 Å². The summed E-state index contributed by atoms with van der Waals surface area (Å²) in [6, 6.07) is 5.89. The van der Waals surface area contributed by atoms with Crippen LogP contribution in [0.15, 0.2) is 22.6 Å². The molecule has 1 aromatic carbocycles. The van der Waals surface area contributed by atoms with Crippen LogP contribution in [0.2, 0.25) is 0 Å². The summed E-state index contributed by atoms with van der Waals surface area (Å²) in [5.41, 5.74) is 1.79. The number of carbonyl (C=O) groups excluding carboxylic acids is 1. The van der Waals surface area contributed by atoms with E-state index >= 15 is 0 Å². The minimum atomic E-state index is -0.855. The Hall–Kier alpha value is -1.85. The molecule has 2 aromatic rings. The van der Waals surface area contributed by atoms with Crippen molar-refractivity contribution in [3.05, 3.63) is 35.1 Å². The fourth-order valence-electron chi connectivity index (χ4n) is 2.76. The van der Waals surface area contributed by atoms with Crippen molar-refractivity contribution >= 4 is 16.9 Å². The number of carbonyl (C=O) groups is 1. The van der Waals surface area contributed by atoms with Crippen LogP contribution < -0.4 is 10.6 Å². The Bertz CT molecular complexity index is 684. The number of hydrogen-bond acceptors (Lipinski definition) is 4. The maximum absolute atomic E-state index is 12.3. The van der Waals surface area contributed by atoms with E-state index in [4.69, 9.17) is 4.42 Å². The van der Waals surface area contributed by atoms with E-state index in [0.717, 1.165) is 28.6 Å². The number of amides is 1. The van der Waals surface area contributed by atoms with Crippen LogP contribution in [0, 0.1) is 13.8 Å². The van der Waals surface area contributed by atoms with Crippen molar-refractivity contribution in [2.24, 2.45) is 0 Å². The highest BCUT2D eigenvalue weighted by molar-refractivity contribution is 5.99. The van der Waals surface area contributed by atoms with Crippen molar-refractivity contribution in [2.45, 2.75) is 25.9 Å². The van der Waals surface area contributed by atoms with Crippen LogP contribution in [0.5, 0.6) is 0 Å². The number of nitrogens with one attached hydrogen (secondary N) is 2. The van der Waals surface area contributed by atoms with E-state index in [0.29, 0.717) is 18.7 Å². The Morgan fingerprint density at radius 3 is 3.00 bits per heavy atom. The topological polar surface area (TPSA) is 74.5 Å². The summed E-state index contributed by atoms with van der Waals surface area (Å²) in [6.45, 7) is 5.37. The van der Waals surface area contributed by atoms with Crippen LogP contribution in [-0.2, 0) is 0 Å². The van der Waals surface area contributed by atoms with E-state index < -0.39 is 5.60 Å². The first-order valence-electron chi connectivity index (χ1n) is 7.20. The zero-order chi connectivity index (χ0) is 15.0. The van der Waals surface area contributed by atoms with Gasteiger partial charge in [0.2, 0.25) is 0 Å². The molecule has 5 nitrogen and oxygen atoms in total. The summed E-state index contributed by atoms with van der Waals surface area (Å²) in [5, 5.41) is 17.0. The Labute approximate surface area is 123 Å². The van der Waals surface area contributed by atoms with Gasteiger partial charge < -0.3 is 20.2 Å². The zero-order valence-electron chi connectivity index (χ0n) is 12.3. The molecule has 1 aromatic heterocycles. The number of aryl methyl sites for hydroxylation is 2. The van der Waals surface area contributed by atoms with Crippen molar-refractivity contribution in [3.63, 3.8) is 0 Å². The molecular weight excluding hydrogens is 268 g/mol. The van der Waals surface area contributed by atoms with Crippen molar-refractivity contribution in [2.75, 3.05) is 19.6 Å². The predicted octanol–water partition coefficient (Wildman–Crippen LogP) is 1.50. The monoisotopic (exact) mass is 288 g/mol. The first-order chi connectivity index (χ1) is 9.98. The number of hydrogen-bond donors (Lipinski definition) is 3. The number of rotatable bonds is 3. The molecule has 5 heteroatoms. The lowest BCUT2D eigenvalue weighted by Crippen LogP contribution is -2.44. The van der Waals surface area contributed by atoms with Gasteiger partial charge in [0.1, 0.15) is 5.58 Å². The summed E-state index contributed by atoms with van der Waals surface area (Å²) in [7, 11) is 0. The van der Waals surface area contributed by atoms with Crippen molar-refractivity contribution in [3.8, 4) is 0 Å². The highest BCUT2D eigenvalue weighted by Gasteiger charge is 2.32. The highest BCUT2D eigenvalue weighted by atomic mass is 16.3.